The molecule has 0 aliphatic heterocycles. The quantitative estimate of drug-likeness (QED) is 0.909. The SMILES string of the molecule is CCC(C)(CC)NC(=O)c1sc2nnc(C)c(C)c2c1N. The number of anilines is 1. The van der Waals surface area contributed by atoms with E-state index in [2.05, 4.69) is 29.4 Å². The highest BCUT2D eigenvalue weighted by atomic mass is 32.1. The fourth-order valence-corrected chi connectivity index (χ4v) is 3.16. The normalized spacial score (nSPS) is 11.9. The lowest BCUT2D eigenvalue weighted by atomic mass is 9.95. The van der Waals surface area contributed by atoms with Crippen LogP contribution >= 0.6 is 11.3 Å². The second kappa shape index (κ2) is 5.60. The van der Waals surface area contributed by atoms with E-state index >= 15 is 0 Å². The lowest BCUT2D eigenvalue weighted by Gasteiger charge is -2.28. The number of nitrogens with zero attached hydrogens (tertiary/aromatic N) is 2. The van der Waals surface area contributed by atoms with Gasteiger partial charge in [0, 0.05) is 10.9 Å². The number of aryl methyl sites for hydroxylation is 2. The zero-order valence-electron chi connectivity index (χ0n) is 13.2. The molecule has 1 amide bonds. The first-order valence-corrected chi connectivity index (χ1v) is 7.99. The van der Waals surface area contributed by atoms with E-state index in [1.165, 1.54) is 11.3 Å². The average Bonchev–Trinajstić information content (AvgIpc) is 2.80. The van der Waals surface area contributed by atoms with E-state index in [1.807, 2.05) is 20.8 Å². The van der Waals surface area contributed by atoms with Crippen molar-refractivity contribution in [1.82, 2.24) is 15.5 Å². The number of carbonyl (C=O) groups is 1. The Morgan fingerprint density at radius 2 is 1.90 bits per heavy atom. The molecule has 0 aromatic carbocycles. The predicted octanol–water partition coefficient (Wildman–Crippen LogP) is 3.20. The Kier molecular flexibility index (Phi) is 4.18. The highest BCUT2D eigenvalue weighted by Gasteiger charge is 2.26. The van der Waals surface area contributed by atoms with Gasteiger partial charge in [0.1, 0.15) is 9.71 Å². The second-order valence-corrected chi connectivity index (χ2v) is 6.66. The molecule has 0 spiro atoms. The number of rotatable bonds is 4. The first-order valence-electron chi connectivity index (χ1n) is 7.17. The Labute approximate surface area is 128 Å². The molecular formula is C15H22N4OS. The second-order valence-electron chi connectivity index (χ2n) is 5.66. The van der Waals surface area contributed by atoms with Crippen molar-refractivity contribution in [1.29, 1.82) is 0 Å². The number of carbonyl (C=O) groups excluding carboxylic acids is 1. The topological polar surface area (TPSA) is 80.9 Å². The van der Waals surface area contributed by atoms with Gasteiger partial charge >= 0.3 is 0 Å². The van der Waals surface area contributed by atoms with Gasteiger partial charge in [-0.25, -0.2) is 0 Å². The molecule has 0 aliphatic rings. The Bertz CT molecular complexity index is 689. The third kappa shape index (κ3) is 2.72. The highest BCUT2D eigenvalue weighted by Crippen LogP contribution is 2.35. The molecule has 3 N–H and O–H groups in total. The number of nitrogens with one attached hydrogen (secondary N) is 1. The summed E-state index contributed by atoms with van der Waals surface area (Å²) in [6.45, 7) is 10.0. The van der Waals surface area contributed by atoms with E-state index in [0.717, 1.165) is 34.3 Å². The maximum atomic E-state index is 12.5. The molecule has 21 heavy (non-hydrogen) atoms. The molecule has 0 bridgehead atoms. The van der Waals surface area contributed by atoms with Crippen molar-refractivity contribution in [3.05, 3.63) is 16.1 Å². The monoisotopic (exact) mass is 306 g/mol. The van der Waals surface area contributed by atoms with Crippen molar-refractivity contribution < 1.29 is 4.79 Å². The summed E-state index contributed by atoms with van der Waals surface area (Å²) in [6.07, 6.45) is 1.75. The third-order valence-corrected chi connectivity index (χ3v) is 5.41. The van der Waals surface area contributed by atoms with Gasteiger partial charge in [-0.1, -0.05) is 13.8 Å². The maximum Gasteiger partial charge on any atom is 0.263 e. The summed E-state index contributed by atoms with van der Waals surface area (Å²) in [4.78, 5) is 13.8. The molecule has 0 atom stereocenters. The molecule has 6 heteroatoms. The van der Waals surface area contributed by atoms with Crippen LogP contribution in [0.25, 0.3) is 10.2 Å². The first-order chi connectivity index (χ1) is 9.83. The minimum atomic E-state index is -0.212. The molecule has 2 aromatic rings. The summed E-state index contributed by atoms with van der Waals surface area (Å²) in [5.74, 6) is -0.126. The Morgan fingerprint density at radius 3 is 2.48 bits per heavy atom. The fraction of sp³-hybridized carbons (Fsp3) is 0.533. The minimum Gasteiger partial charge on any atom is -0.397 e. The third-order valence-electron chi connectivity index (χ3n) is 4.32. The number of aromatic nitrogens is 2. The molecule has 0 radical (unpaired) electrons. The molecule has 0 saturated carbocycles. The molecule has 0 unspecified atom stereocenters. The Hall–Kier alpha value is -1.69. The van der Waals surface area contributed by atoms with Gasteiger partial charge in [-0.2, -0.15) is 5.10 Å². The van der Waals surface area contributed by atoms with Crippen LogP contribution in [0.4, 0.5) is 5.69 Å². The summed E-state index contributed by atoms with van der Waals surface area (Å²) in [7, 11) is 0. The van der Waals surface area contributed by atoms with Gasteiger partial charge in [-0.3, -0.25) is 4.79 Å². The van der Waals surface area contributed by atoms with Gasteiger partial charge in [-0.05, 0) is 39.2 Å². The summed E-state index contributed by atoms with van der Waals surface area (Å²) in [6, 6.07) is 0. The standard InChI is InChI=1S/C15H22N4OS/c1-6-15(5,7-2)17-13(20)12-11(16)10-8(3)9(4)18-19-14(10)21-12/h6-7,16H2,1-5H3,(H,17,20). The van der Waals surface area contributed by atoms with Crippen LogP contribution in [0.5, 0.6) is 0 Å². The van der Waals surface area contributed by atoms with Crippen LogP contribution in [-0.2, 0) is 0 Å². The lowest BCUT2D eigenvalue weighted by Crippen LogP contribution is -2.44. The molecule has 2 heterocycles. The first kappa shape index (κ1) is 15.7. The van der Waals surface area contributed by atoms with E-state index < -0.39 is 0 Å². The average molecular weight is 306 g/mol. The number of thiophene rings is 1. The van der Waals surface area contributed by atoms with Crippen LogP contribution in [0.15, 0.2) is 0 Å². The maximum absolute atomic E-state index is 12.5. The van der Waals surface area contributed by atoms with Crippen molar-refractivity contribution in [2.24, 2.45) is 0 Å². The molecular weight excluding hydrogens is 284 g/mol. The van der Waals surface area contributed by atoms with Gasteiger partial charge in [0.2, 0.25) is 0 Å². The van der Waals surface area contributed by atoms with Crippen LogP contribution < -0.4 is 11.1 Å². The van der Waals surface area contributed by atoms with Crippen molar-refractivity contribution in [2.75, 3.05) is 5.73 Å². The molecule has 0 saturated heterocycles. The fourth-order valence-electron chi connectivity index (χ4n) is 2.17. The molecule has 0 aliphatic carbocycles. The van der Waals surface area contributed by atoms with Crippen molar-refractivity contribution >= 4 is 33.1 Å². The Morgan fingerprint density at radius 1 is 1.29 bits per heavy atom. The van der Waals surface area contributed by atoms with Gasteiger partial charge in [0.15, 0.2) is 0 Å². The van der Waals surface area contributed by atoms with E-state index in [0.29, 0.717) is 10.6 Å². The van der Waals surface area contributed by atoms with Crippen molar-refractivity contribution in [2.45, 2.75) is 53.0 Å². The summed E-state index contributed by atoms with van der Waals surface area (Å²) < 4.78 is 0. The molecule has 2 rings (SSSR count). The smallest absolute Gasteiger partial charge is 0.263 e. The number of fused-ring (bicyclic) bond motifs is 1. The lowest BCUT2D eigenvalue weighted by molar-refractivity contribution is 0.0906. The van der Waals surface area contributed by atoms with Crippen LogP contribution in [0, 0.1) is 13.8 Å². The number of hydrogen-bond donors (Lipinski definition) is 2. The number of nitrogen functional groups attached to an aromatic ring is 1. The summed E-state index contributed by atoms with van der Waals surface area (Å²) in [5, 5.41) is 12.2. The highest BCUT2D eigenvalue weighted by molar-refractivity contribution is 7.21. The van der Waals surface area contributed by atoms with Gasteiger partial charge in [0.05, 0.1) is 11.4 Å². The van der Waals surface area contributed by atoms with Crippen molar-refractivity contribution in [3.8, 4) is 0 Å². The van der Waals surface area contributed by atoms with E-state index in [9.17, 15) is 4.79 Å². The predicted molar refractivity (Wildman–Crippen MR) is 87.8 cm³/mol. The van der Waals surface area contributed by atoms with Gasteiger partial charge in [-0.15, -0.1) is 16.4 Å². The zero-order valence-corrected chi connectivity index (χ0v) is 14.0. The van der Waals surface area contributed by atoms with Crippen LogP contribution in [0.2, 0.25) is 0 Å². The van der Waals surface area contributed by atoms with Crippen LogP contribution in [0.3, 0.4) is 0 Å². The molecule has 2 aromatic heterocycles. The zero-order chi connectivity index (χ0) is 15.8. The Balaban J connectivity index is 2.46. The van der Waals surface area contributed by atoms with Gasteiger partial charge < -0.3 is 11.1 Å². The minimum absolute atomic E-state index is 0.126. The van der Waals surface area contributed by atoms with Crippen LogP contribution in [0.1, 0.15) is 54.5 Å². The van der Waals surface area contributed by atoms with E-state index in [4.69, 9.17) is 5.73 Å². The van der Waals surface area contributed by atoms with E-state index in [-0.39, 0.29) is 11.4 Å². The molecule has 0 fully saturated rings. The number of amides is 1. The van der Waals surface area contributed by atoms with E-state index in [1.54, 1.807) is 0 Å². The molecule has 5 nitrogen and oxygen atoms in total. The van der Waals surface area contributed by atoms with Gasteiger partial charge in [0.25, 0.3) is 5.91 Å². The van der Waals surface area contributed by atoms with Crippen LogP contribution in [-0.4, -0.2) is 21.6 Å². The summed E-state index contributed by atoms with van der Waals surface area (Å²) >= 11 is 1.31. The number of hydrogen-bond acceptors (Lipinski definition) is 5. The number of nitrogens with two attached hydrogens (primary N) is 1. The molecule has 114 valence electrons. The summed E-state index contributed by atoms with van der Waals surface area (Å²) in [5.41, 5.74) is 8.32. The largest absolute Gasteiger partial charge is 0.397 e. The van der Waals surface area contributed by atoms with Crippen molar-refractivity contribution in [3.63, 3.8) is 0 Å².